The lowest BCUT2D eigenvalue weighted by Crippen LogP contribution is -2.45. The van der Waals surface area contributed by atoms with Crippen molar-refractivity contribution in [2.24, 2.45) is 0 Å². The minimum absolute atomic E-state index is 0.0668. The fraction of sp³-hybridized carbons (Fsp3) is 0.312. The number of piperidine rings is 1. The topological polar surface area (TPSA) is 75.3 Å². The van der Waals surface area contributed by atoms with Crippen molar-refractivity contribution < 1.29 is 9.53 Å². The molecule has 22 heavy (non-hydrogen) atoms. The number of rotatable bonds is 3. The van der Waals surface area contributed by atoms with Crippen LogP contribution in [-0.4, -0.2) is 40.0 Å². The summed E-state index contributed by atoms with van der Waals surface area (Å²) in [6.45, 7) is 1.12. The molecule has 0 aromatic carbocycles. The van der Waals surface area contributed by atoms with E-state index in [9.17, 15) is 9.59 Å². The van der Waals surface area contributed by atoms with Crippen molar-refractivity contribution in [2.75, 3.05) is 13.1 Å². The molecule has 0 bridgehead atoms. The molecule has 2 aromatic rings. The van der Waals surface area contributed by atoms with Crippen molar-refractivity contribution in [1.82, 2.24) is 14.9 Å². The fourth-order valence-electron chi connectivity index (χ4n) is 2.59. The summed E-state index contributed by atoms with van der Waals surface area (Å²) in [7, 11) is 0. The maximum Gasteiger partial charge on any atom is 0.260 e. The molecule has 1 atom stereocenters. The minimum Gasteiger partial charge on any atom is -0.488 e. The molecule has 0 radical (unpaired) electrons. The molecule has 0 spiro atoms. The van der Waals surface area contributed by atoms with Gasteiger partial charge in [-0.15, -0.1) is 0 Å². The van der Waals surface area contributed by atoms with Gasteiger partial charge < -0.3 is 14.6 Å². The molecule has 2 aromatic heterocycles. The maximum absolute atomic E-state index is 12.5. The molecule has 1 unspecified atom stereocenters. The minimum atomic E-state index is -0.357. The maximum atomic E-state index is 12.5. The molecule has 6 nitrogen and oxygen atoms in total. The highest BCUT2D eigenvalue weighted by Crippen LogP contribution is 2.18. The standard InChI is InChI=1S/C16H17N3O3/c20-15-14(4-1-7-18-15)16(21)19-10-2-3-13(11-19)22-12-5-8-17-9-6-12/h1,4-9,13H,2-3,10-11H2,(H,18,20). The van der Waals surface area contributed by atoms with E-state index >= 15 is 0 Å². The summed E-state index contributed by atoms with van der Waals surface area (Å²) in [5.74, 6) is 0.497. The highest BCUT2D eigenvalue weighted by atomic mass is 16.5. The Bertz CT molecular complexity index is 699. The summed E-state index contributed by atoms with van der Waals surface area (Å²) in [5, 5.41) is 0. The molecule has 1 fully saturated rings. The van der Waals surface area contributed by atoms with Gasteiger partial charge in [0, 0.05) is 25.1 Å². The number of carbonyl (C=O) groups is 1. The second-order valence-corrected chi connectivity index (χ2v) is 5.23. The van der Waals surface area contributed by atoms with Crippen LogP contribution >= 0.6 is 0 Å². The molecule has 3 heterocycles. The van der Waals surface area contributed by atoms with Crippen LogP contribution in [0.2, 0.25) is 0 Å². The first kappa shape index (κ1) is 14.3. The Morgan fingerprint density at radius 1 is 1.32 bits per heavy atom. The third-order valence-corrected chi connectivity index (χ3v) is 3.67. The fourth-order valence-corrected chi connectivity index (χ4v) is 2.59. The second kappa shape index (κ2) is 6.43. The molecule has 1 amide bonds. The molecule has 114 valence electrons. The van der Waals surface area contributed by atoms with E-state index in [1.54, 1.807) is 41.6 Å². The third-order valence-electron chi connectivity index (χ3n) is 3.67. The van der Waals surface area contributed by atoms with Gasteiger partial charge in [0.05, 0.1) is 6.54 Å². The van der Waals surface area contributed by atoms with Crippen molar-refractivity contribution in [1.29, 1.82) is 0 Å². The molecule has 1 aliphatic heterocycles. The molecule has 1 N–H and O–H groups in total. The van der Waals surface area contributed by atoms with Crippen LogP contribution in [0.3, 0.4) is 0 Å². The summed E-state index contributed by atoms with van der Waals surface area (Å²) >= 11 is 0. The van der Waals surface area contributed by atoms with Crippen LogP contribution in [0.1, 0.15) is 23.2 Å². The van der Waals surface area contributed by atoms with Crippen LogP contribution in [0.4, 0.5) is 0 Å². The Morgan fingerprint density at radius 3 is 2.91 bits per heavy atom. The normalized spacial score (nSPS) is 18.0. The zero-order chi connectivity index (χ0) is 15.4. The molecule has 0 aliphatic carbocycles. The summed E-state index contributed by atoms with van der Waals surface area (Å²) < 4.78 is 5.88. The first-order valence-corrected chi connectivity index (χ1v) is 7.28. The summed E-state index contributed by atoms with van der Waals surface area (Å²) in [6, 6.07) is 6.80. The van der Waals surface area contributed by atoms with E-state index in [0.29, 0.717) is 13.1 Å². The number of H-pyrrole nitrogens is 1. The number of aromatic amines is 1. The quantitative estimate of drug-likeness (QED) is 0.931. The van der Waals surface area contributed by atoms with Crippen LogP contribution in [0.15, 0.2) is 47.7 Å². The number of pyridine rings is 2. The predicted molar refractivity (Wildman–Crippen MR) is 80.9 cm³/mol. The van der Waals surface area contributed by atoms with Gasteiger partial charge >= 0.3 is 0 Å². The van der Waals surface area contributed by atoms with Crippen LogP contribution in [-0.2, 0) is 0 Å². The number of aromatic nitrogens is 2. The number of carbonyl (C=O) groups excluding carboxylic acids is 1. The predicted octanol–water partition coefficient (Wildman–Crippen LogP) is 1.45. The van der Waals surface area contributed by atoms with Crippen LogP contribution in [0.5, 0.6) is 5.75 Å². The number of nitrogens with zero attached hydrogens (tertiary/aromatic N) is 2. The van der Waals surface area contributed by atoms with Crippen LogP contribution < -0.4 is 10.3 Å². The van der Waals surface area contributed by atoms with Gasteiger partial charge in [-0.2, -0.15) is 0 Å². The molecule has 1 aliphatic rings. The van der Waals surface area contributed by atoms with Crippen molar-refractivity contribution in [3.05, 3.63) is 58.8 Å². The van der Waals surface area contributed by atoms with Gasteiger partial charge in [0.15, 0.2) is 0 Å². The van der Waals surface area contributed by atoms with E-state index in [4.69, 9.17) is 4.74 Å². The van der Waals surface area contributed by atoms with E-state index in [-0.39, 0.29) is 23.1 Å². The second-order valence-electron chi connectivity index (χ2n) is 5.23. The Labute approximate surface area is 127 Å². The average Bonchev–Trinajstić information content (AvgIpc) is 2.56. The first-order chi connectivity index (χ1) is 10.7. The van der Waals surface area contributed by atoms with Gasteiger partial charge in [-0.25, -0.2) is 0 Å². The Morgan fingerprint density at radius 2 is 2.14 bits per heavy atom. The molecule has 0 saturated carbocycles. The zero-order valence-electron chi connectivity index (χ0n) is 12.1. The van der Waals surface area contributed by atoms with Gasteiger partial charge in [0.25, 0.3) is 11.5 Å². The molecule has 6 heteroatoms. The number of hydrogen-bond donors (Lipinski definition) is 1. The van der Waals surface area contributed by atoms with Gasteiger partial charge in [-0.3, -0.25) is 14.6 Å². The lowest BCUT2D eigenvalue weighted by Gasteiger charge is -2.32. The van der Waals surface area contributed by atoms with Gasteiger partial charge in [-0.1, -0.05) is 0 Å². The summed E-state index contributed by atoms with van der Waals surface area (Å²) in [5.41, 5.74) is -0.184. The van der Waals surface area contributed by atoms with E-state index in [2.05, 4.69) is 9.97 Å². The number of likely N-dealkylation sites (tertiary alicyclic amines) is 1. The van der Waals surface area contributed by atoms with Gasteiger partial charge in [0.2, 0.25) is 0 Å². The molecule has 1 saturated heterocycles. The zero-order valence-corrected chi connectivity index (χ0v) is 12.1. The van der Waals surface area contributed by atoms with E-state index in [1.165, 1.54) is 6.20 Å². The van der Waals surface area contributed by atoms with E-state index in [1.807, 2.05) is 0 Å². The summed E-state index contributed by atoms with van der Waals surface area (Å²) in [4.78, 5) is 32.4. The lowest BCUT2D eigenvalue weighted by molar-refractivity contribution is 0.0536. The number of nitrogens with one attached hydrogen (secondary N) is 1. The van der Waals surface area contributed by atoms with Crippen molar-refractivity contribution in [2.45, 2.75) is 18.9 Å². The Kier molecular flexibility index (Phi) is 4.18. The van der Waals surface area contributed by atoms with Crippen LogP contribution in [0, 0.1) is 0 Å². The largest absolute Gasteiger partial charge is 0.488 e. The van der Waals surface area contributed by atoms with Crippen LogP contribution in [0.25, 0.3) is 0 Å². The smallest absolute Gasteiger partial charge is 0.260 e. The van der Waals surface area contributed by atoms with Crippen molar-refractivity contribution in [3.63, 3.8) is 0 Å². The number of amides is 1. The third kappa shape index (κ3) is 3.16. The lowest BCUT2D eigenvalue weighted by atomic mass is 10.1. The van der Waals surface area contributed by atoms with Crippen molar-refractivity contribution in [3.8, 4) is 5.75 Å². The molecular formula is C16H17N3O3. The first-order valence-electron chi connectivity index (χ1n) is 7.28. The highest BCUT2D eigenvalue weighted by Gasteiger charge is 2.26. The summed E-state index contributed by atoms with van der Waals surface area (Å²) in [6.07, 6.45) is 6.53. The Balaban J connectivity index is 1.69. The SMILES string of the molecule is O=C(c1ccc[nH]c1=O)N1CCCC(Oc2ccncc2)C1. The molecular weight excluding hydrogens is 282 g/mol. The van der Waals surface area contributed by atoms with E-state index in [0.717, 1.165) is 18.6 Å². The van der Waals surface area contributed by atoms with Gasteiger partial charge in [0.1, 0.15) is 17.4 Å². The average molecular weight is 299 g/mol. The number of hydrogen-bond acceptors (Lipinski definition) is 4. The molecule has 3 rings (SSSR count). The van der Waals surface area contributed by atoms with Gasteiger partial charge in [-0.05, 0) is 37.1 Å². The highest BCUT2D eigenvalue weighted by molar-refractivity contribution is 5.93. The van der Waals surface area contributed by atoms with E-state index < -0.39 is 0 Å². The monoisotopic (exact) mass is 299 g/mol. The number of ether oxygens (including phenoxy) is 1. The Hall–Kier alpha value is -2.63. The van der Waals surface area contributed by atoms with Crippen molar-refractivity contribution >= 4 is 5.91 Å².